The lowest BCUT2D eigenvalue weighted by atomic mass is 10.1. The number of amides is 1. The Kier molecular flexibility index (Phi) is 3.82. The molecule has 26 heavy (non-hydrogen) atoms. The molecule has 0 saturated heterocycles. The molecular formula is C17H15N5O3S. The number of nitrogens with zero attached hydrogens (tertiary/aromatic N) is 2. The van der Waals surface area contributed by atoms with Gasteiger partial charge in [0.25, 0.3) is 5.91 Å². The van der Waals surface area contributed by atoms with E-state index in [1.54, 1.807) is 30.5 Å². The van der Waals surface area contributed by atoms with Crippen molar-refractivity contribution >= 4 is 15.9 Å². The number of aromatic nitrogens is 3. The number of hydrogen-bond donors (Lipinski definition) is 3. The molecule has 0 atom stereocenters. The zero-order valence-corrected chi connectivity index (χ0v) is 14.4. The van der Waals surface area contributed by atoms with Crippen LogP contribution >= 0.6 is 0 Å². The van der Waals surface area contributed by atoms with Crippen LogP contribution in [0.4, 0.5) is 0 Å². The van der Waals surface area contributed by atoms with Crippen molar-refractivity contribution in [3.63, 3.8) is 0 Å². The summed E-state index contributed by atoms with van der Waals surface area (Å²) in [7, 11) is -3.74. The van der Waals surface area contributed by atoms with Gasteiger partial charge in [0.2, 0.25) is 10.0 Å². The second-order valence-electron chi connectivity index (χ2n) is 5.92. The summed E-state index contributed by atoms with van der Waals surface area (Å²) in [6.07, 6.45) is 2.36. The standard InChI is InChI=1S/C17H15N5O3S/c18-26(24,25)11-3-1-10(2-4-11)16-19-7-6-14(22-16)15-9-12-13(21-15)5-8-20-17(12)23/h1-4,6-7,9,21H,5,8H2,(H,20,23)(H2,18,24,25). The van der Waals surface area contributed by atoms with Crippen molar-refractivity contribution in [2.75, 3.05) is 6.54 Å². The van der Waals surface area contributed by atoms with Crippen molar-refractivity contribution in [1.82, 2.24) is 20.3 Å². The van der Waals surface area contributed by atoms with Gasteiger partial charge in [0.15, 0.2) is 5.82 Å². The van der Waals surface area contributed by atoms with Gasteiger partial charge in [-0.2, -0.15) is 0 Å². The minimum atomic E-state index is -3.74. The summed E-state index contributed by atoms with van der Waals surface area (Å²) in [6.45, 7) is 0.608. The van der Waals surface area contributed by atoms with Crippen molar-refractivity contribution in [3.8, 4) is 22.8 Å². The molecule has 132 valence electrons. The van der Waals surface area contributed by atoms with Crippen LogP contribution in [-0.2, 0) is 16.4 Å². The highest BCUT2D eigenvalue weighted by atomic mass is 32.2. The molecule has 1 amide bonds. The molecule has 2 aromatic heterocycles. The van der Waals surface area contributed by atoms with Gasteiger partial charge >= 0.3 is 0 Å². The maximum absolute atomic E-state index is 11.9. The van der Waals surface area contributed by atoms with Gasteiger partial charge in [0.05, 0.1) is 21.8 Å². The fourth-order valence-electron chi connectivity index (χ4n) is 2.87. The lowest BCUT2D eigenvalue weighted by Crippen LogP contribution is -2.31. The number of primary sulfonamides is 1. The molecular weight excluding hydrogens is 354 g/mol. The Hall–Kier alpha value is -3.04. The van der Waals surface area contributed by atoms with Crippen LogP contribution < -0.4 is 10.5 Å². The molecule has 0 saturated carbocycles. The number of rotatable bonds is 3. The van der Waals surface area contributed by atoms with Crippen LogP contribution in [0.15, 0.2) is 47.5 Å². The molecule has 0 aliphatic carbocycles. The molecule has 1 aromatic carbocycles. The quantitative estimate of drug-likeness (QED) is 0.636. The zero-order valence-electron chi connectivity index (χ0n) is 13.6. The second-order valence-corrected chi connectivity index (χ2v) is 7.48. The Morgan fingerprint density at radius 1 is 1.12 bits per heavy atom. The number of carbonyl (C=O) groups is 1. The monoisotopic (exact) mass is 369 g/mol. The van der Waals surface area contributed by atoms with Crippen LogP contribution in [0.3, 0.4) is 0 Å². The molecule has 9 heteroatoms. The van der Waals surface area contributed by atoms with Gasteiger partial charge in [0.1, 0.15) is 0 Å². The maximum Gasteiger partial charge on any atom is 0.253 e. The molecule has 8 nitrogen and oxygen atoms in total. The molecule has 0 spiro atoms. The van der Waals surface area contributed by atoms with Gasteiger partial charge in [-0.25, -0.2) is 23.5 Å². The van der Waals surface area contributed by atoms with E-state index in [0.29, 0.717) is 29.2 Å². The average molecular weight is 369 g/mol. The van der Waals surface area contributed by atoms with E-state index < -0.39 is 10.0 Å². The summed E-state index contributed by atoms with van der Waals surface area (Å²) in [4.78, 5) is 23.9. The Morgan fingerprint density at radius 3 is 2.58 bits per heavy atom. The van der Waals surface area contributed by atoms with Gasteiger partial charge in [0, 0.05) is 30.4 Å². The average Bonchev–Trinajstić information content (AvgIpc) is 3.07. The van der Waals surface area contributed by atoms with E-state index in [-0.39, 0.29) is 10.8 Å². The third-order valence-corrected chi connectivity index (χ3v) is 5.11. The van der Waals surface area contributed by atoms with E-state index in [1.807, 2.05) is 0 Å². The van der Waals surface area contributed by atoms with Crippen LogP contribution in [0.25, 0.3) is 22.8 Å². The van der Waals surface area contributed by atoms with Crippen molar-refractivity contribution < 1.29 is 13.2 Å². The Labute approximate surface area is 149 Å². The van der Waals surface area contributed by atoms with Crippen LogP contribution in [0, 0.1) is 0 Å². The van der Waals surface area contributed by atoms with Crippen molar-refractivity contribution in [1.29, 1.82) is 0 Å². The number of fused-ring (bicyclic) bond motifs is 1. The van der Waals surface area contributed by atoms with E-state index in [0.717, 1.165) is 17.8 Å². The number of benzene rings is 1. The molecule has 3 heterocycles. The highest BCUT2D eigenvalue weighted by Gasteiger charge is 2.20. The third-order valence-electron chi connectivity index (χ3n) is 4.18. The summed E-state index contributed by atoms with van der Waals surface area (Å²) in [5, 5.41) is 7.92. The number of sulfonamides is 1. The lowest BCUT2D eigenvalue weighted by Gasteiger charge is -2.10. The number of nitrogens with one attached hydrogen (secondary N) is 2. The molecule has 1 aliphatic heterocycles. The Morgan fingerprint density at radius 2 is 1.88 bits per heavy atom. The van der Waals surface area contributed by atoms with Gasteiger partial charge in [-0.05, 0) is 36.4 Å². The summed E-state index contributed by atoms with van der Waals surface area (Å²) in [5.74, 6) is 0.349. The molecule has 4 rings (SSSR count). The fraction of sp³-hybridized carbons (Fsp3) is 0.118. The highest BCUT2D eigenvalue weighted by Crippen LogP contribution is 2.24. The Bertz CT molecular complexity index is 1100. The Balaban J connectivity index is 1.70. The summed E-state index contributed by atoms with van der Waals surface area (Å²) in [6, 6.07) is 9.56. The molecule has 3 aromatic rings. The maximum atomic E-state index is 11.9. The lowest BCUT2D eigenvalue weighted by molar-refractivity contribution is 0.0946. The van der Waals surface area contributed by atoms with E-state index in [4.69, 9.17) is 5.14 Å². The topological polar surface area (TPSA) is 131 Å². The SMILES string of the molecule is NS(=O)(=O)c1ccc(-c2nccc(-c3cc4c([nH]3)CCNC4=O)n2)cc1. The first kappa shape index (κ1) is 16.4. The number of carbonyl (C=O) groups excluding carboxylic acids is 1. The van der Waals surface area contributed by atoms with Crippen molar-refractivity contribution in [2.24, 2.45) is 5.14 Å². The van der Waals surface area contributed by atoms with E-state index in [1.165, 1.54) is 12.1 Å². The van der Waals surface area contributed by atoms with Crippen molar-refractivity contribution in [3.05, 3.63) is 53.9 Å². The number of aromatic amines is 1. The number of nitrogens with two attached hydrogens (primary N) is 1. The smallest absolute Gasteiger partial charge is 0.253 e. The number of hydrogen-bond acceptors (Lipinski definition) is 5. The third kappa shape index (κ3) is 2.98. The predicted octanol–water partition coefficient (Wildman–Crippen LogP) is 1.07. The van der Waals surface area contributed by atoms with E-state index in [2.05, 4.69) is 20.3 Å². The zero-order chi connectivity index (χ0) is 18.3. The van der Waals surface area contributed by atoms with Crippen LogP contribution in [0.5, 0.6) is 0 Å². The summed E-state index contributed by atoms with van der Waals surface area (Å²) < 4.78 is 22.7. The summed E-state index contributed by atoms with van der Waals surface area (Å²) >= 11 is 0. The molecule has 0 bridgehead atoms. The molecule has 1 aliphatic rings. The molecule has 0 unspecified atom stereocenters. The highest BCUT2D eigenvalue weighted by molar-refractivity contribution is 7.89. The molecule has 0 radical (unpaired) electrons. The summed E-state index contributed by atoms with van der Waals surface area (Å²) in [5.41, 5.74) is 3.56. The molecule has 4 N–H and O–H groups in total. The molecule has 0 fully saturated rings. The van der Waals surface area contributed by atoms with Crippen LogP contribution in [0.2, 0.25) is 0 Å². The van der Waals surface area contributed by atoms with Gasteiger partial charge < -0.3 is 10.3 Å². The first-order chi connectivity index (χ1) is 12.4. The second kappa shape index (κ2) is 6.04. The normalized spacial score (nSPS) is 14.0. The van der Waals surface area contributed by atoms with Gasteiger partial charge in [-0.1, -0.05) is 0 Å². The van der Waals surface area contributed by atoms with Crippen LogP contribution in [-0.4, -0.2) is 35.8 Å². The first-order valence-corrected chi connectivity index (χ1v) is 9.43. The van der Waals surface area contributed by atoms with Crippen molar-refractivity contribution in [2.45, 2.75) is 11.3 Å². The minimum Gasteiger partial charge on any atom is -0.356 e. The minimum absolute atomic E-state index is 0.0282. The van der Waals surface area contributed by atoms with Crippen LogP contribution in [0.1, 0.15) is 16.1 Å². The fourth-order valence-corrected chi connectivity index (χ4v) is 3.39. The number of H-pyrrole nitrogens is 1. The van der Waals surface area contributed by atoms with Gasteiger partial charge in [-0.15, -0.1) is 0 Å². The largest absolute Gasteiger partial charge is 0.356 e. The van der Waals surface area contributed by atoms with E-state index in [9.17, 15) is 13.2 Å². The van der Waals surface area contributed by atoms with Gasteiger partial charge in [-0.3, -0.25) is 4.79 Å². The predicted molar refractivity (Wildman–Crippen MR) is 94.7 cm³/mol. The van der Waals surface area contributed by atoms with E-state index >= 15 is 0 Å². The first-order valence-electron chi connectivity index (χ1n) is 7.88.